The standard InChI is InChI=1S/C13H17N3O2/c1-2-12(18-6-1)8-14-13-3-5-15-16(13)9-11-4-7-17-10-11/h1-3,5-6,11,14H,4,7-10H2/t11-/m0/s1. The Kier molecular flexibility index (Phi) is 3.32. The number of nitrogens with zero attached hydrogens (tertiary/aromatic N) is 2. The monoisotopic (exact) mass is 247 g/mol. The highest BCUT2D eigenvalue weighted by molar-refractivity contribution is 5.34. The molecular formula is C13H17N3O2. The number of rotatable bonds is 5. The van der Waals surface area contributed by atoms with Crippen LogP contribution >= 0.6 is 0 Å². The van der Waals surface area contributed by atoms with Gasteiger partial charge in [0.05, 0.1) is 25.6 Å². The van der Waals surface area contributed by atoms with Crippen LogP contribution in [0, 0.1) is 5.92 Å². The van der Waals surface area contributed by atoms with Crippen LogP contribution in [0.4, 0.5) is 5.82 Å². The fraction of sp³-hybridized carbons (Fsp3) is 0.462. The van der Waals surface area contributed by atoms with Crippen LogP contribution in [0.5, 0.6) is 0 Å². The van der Waals surface area contributed by atoms with Crippen LogP contribution in [0.1, 0.15) is 12.2 Å². The van der Waals surface area contributed by atoms with E-state index < -0.39 is 0 Å². The van der Waals surface area contributed by atoms with Gasteiger partial charge in [0, 0.05) is 25.1 Å². The van der Waals surface area contributed by atoms with Gasteiger partial charge in [0.15, 0.2) is 0 Å². The van der Waals surface area contributed by atoms with Crippen molar-refractivity contribution in [2.24, 2.45) is 5.92 Å². The molecule has 0 amide bonds. The van der Waals surface area contributed by atoms with Crippen molar-refractivity contribution in [2.75, 3.05) is 18.5 Å². The Morgan fingerprint density at radius 1 is 1.44 bits per heavy atom. The van der Waals surface area contributed by atoms with Gasteiger partial charge in [-0.3, -0.25) is 0 Å². The third-order valence-electron chi connectivity index (χ3n) is 3.20. The van der Waals surface area contributed by atoms with Crippen molar-refractivity contribution in [3.05, 3.63) is 36.4 Å². The molecule has 0 saturated carbocycles. The summed E-state index contributed by atoms with van der Waals surface area (Å²) >= 11 is 0. The highest BCUT2D eigenvalue weighted by Crippen LogP contribution is 2.17. The minimum absolute atomic E-state index is 0.578. The molecule has 0 aliphatic carbocycles. The molecule has 2 aromatic heterocycles. The number of ether oxygens (including phenoxy) is 1. The average molecular weight is 247 g/mol. The SMILES string of the molecule is c1coc(CNc2ccnn2C[C@@H]2CCOC2)c1. The fourth-order valence-corrected chi connectivity index (χ4v) is 2.19. The van der Waals surface area contributed by atoms with Gasteiger partial charge in [-0.25, -0.2) is 4.68 Å². The second-order valence-corrected chi connectivity index (χ2v) is 4.56. The quantitative estimate of drug-likeness (QED) is 0.879. The zero-order valence-electron chi connectivity index (χ0n) is 10.2. The molecule has 1 atom stereocenters. The van der Waals surface area contributed by atoms with E-state index in [1.807, 2.05) is 29.1 Å². The van der Waals surface area contributed by atoms with Crippen LogP contribution < -0.4 is 5.32 Å². The fourth-order valence-electron chi connectivity index (χ4n) is 2.19. The van der Waals surface area contributed by atoms with Crippen molar-refractivity contribution in [3.8, 4) is 0 Å². The summed E-state index contributed by atoms with van der Waals surface area (Å²) in [6.45, 7) is 3.31. The summed E-state index contributed by atoms with van der Waals surface area (Å²) in [5.41, 5.74) is 0. The lowest BCUT2D eigenvalue weighted by molar-refractivity contribution is 0.181. The van der Waals surface area contributed by atoms with Gasteiger partial charge in [-0.15, -0.1) is 0 Å². The number of nitrogens with one attached hydrogen (secondary N) is 1. The first-order chi connectivity index (χ1) is 8.92. The van der Waals surface area contributed by atoms with E-state index in [-0.39, 0.29) is 0 Å². The van der Waals surface area contributed by atoms with Crippen molar-refractivity contribution in [1.29, 1.82) is 0 Å². The summed E-state index contributed by atoms with van der Waals surface area (Å²) in [6.07, 6.45) is 4.63. The molecule has 5 heteroatoms. The molecule has 18 heavy (non-hydrogen) atoms. The van der Waals surface area contributed by atoms with Crippen molar-refractivity contribution < 1.29 is 9.15 Å². The van der Waals surface area contributed by atoms with Gasteiger partial charge in [-0.2, -0.15) is 5.10 Å². The van der Waals surface area contributed by atoms with E-state index >= 15 is 0 Å². The van der Waals surface area contributed by atoms with Crippen molar-refractivity contribution in [2.45, 2.75) is 19.5 Å². The molecule has 0 aromatic carbocycles. The Balaban J connectivity index is 1.60. The van der Waals surface area contributed by atoms with Gasteiger partial charge >= 0.3 is 0 Å². The summed E-state index contributed by atoms with van der Waals surface area (Å²) in [4.78, 5) is 0. The molecule has 2 aromatic rings. The van der Waals surface area contributed by atoms with Crippen LogP contribution in [0.15, 0.2) is 35.1 Å². The maximum absolute atomic E-state index is 5.39. The first kappa shape index (κ1) is 11.3. The molecule has 0 radical (unpaired) electrons. The maximum atomic E-state index is 5.39. The van der Waals surface area contributed by atoms with Gasteiger partial charge in [0.2, 0.25) is 0 Å². The highest BCUT2D eigenvalue weighted by Gasteiger charge is 2.17. The van der Waals surface area contributed by atoms with Crippen LogP contribution in [0.2, 0.25) is 0 Å². The third-order valence-corrected chi connectivity index (χ3v) is 3.20. The molecule has 3 heterocycles. The topological polar surface area (TPSA) is 52.2 Å². The molecular weight excluding hydrogens is 230 g/mol. The second kappa shape index (κ2) is 5.27. The van der Waals surface area contributed by atoms with Crippen molar-refractivity contribution in [3.63, 3.8) is 0 Å². The lowest BCUT2D eigenvalue weighted by Crippen LogP contribution is -2.14. The zero-order valence-corrected chi connectivity index (χ0v) is 10.2. The van der Waals surface area contributed by atoms with E-state index in [1.165, 1.54) is 0 Å². The molecule has 1 fully saturated rings. The van der Waals surface area contributed by atoms with Crippen LogP contribution in [0.25, 0.3) is 0 Å². The molecule has 0 spiro atoms. The zero-order chi connectivity index (χ0) is 12.2. The summed E-state index contributed by atoms with van der Waals surface area (Å²) in [7, 11) is 0. The molecule has 96 valence electrons. The molecule has 0 bridgehead atoms. The van der Waals surface area contributed by atoms with Crippen molar-refractivity contribution >= 4 is 5.82 Å². The van der Waals surface area contributed by atoms with E-state index in [1.54, 1.807) is 6.26 Å². The average Bonchev–Trinajstić information content (AvgIpc) is 3.10. The largest absolute Gasteiger partial charge is 0.467 e. The first-order valence-electron chi connectivity index (χ1n) is 6.27. The molecule has 1 aliphatic rings. The van der Waals surface area contributed by atoms with Gasteiger partial charge in [-0.1, -0.05) is 0 Å². The minimum atomic E-state index is 0.578. The molecule has 5 nitrogen and oxygen atoms in total. The predicted molar refractivity (Wildman–Crippen MR) is 67.2 cm³/mol. The van der Waals surface area contributed by atoms with E-state index in [2.05, 4.69) is 10.4 Å². The Labute approximate surface area is 106 Å². The molecule has 1 aliphatic heterocycles. The molecule has 1 saturated heterocycles. The minimum Gasteiger partial charge on any atom is -0.467 e. The van der Waals surface area contributed by atoms with E-state index in [9.17, 15) is 0 Å². The normalized spacial score (nSPS) is 19.2. The van der Waals surface area contributed by atoms with Gasteiger partial charge in [0.1, 0.15) is 11.6 Å². The smallest absolute Gasteiger partial charge is 0.124 e. The lowest BCUT2D eigenvalue weighted by Gasteiger charge is -2.12. The Hall–Kier alpha value is -1.75. The van der Waals surface area contributed by atoms with E-state index in [4.69, 9.17) is 9.15 Å². The Morgan fingerprint density at radius 3 is 3.22 bits per heavy atom. The Morgan fingerprint density at radius 2 is 2.44 bits per heavy atom. The van der Waals surface area contributed by atoms with Gasteiger partial charge in [-0.05, 0) is 18.6 Å². The molecule has 0 unspecified atom stereocenters. The number of hydrogen-bond donors (Lipinski definition) is 1. The maximum Gasteiger partial charge on any atom is 0.124 e. The summed E-state index contributed by atoms with van der Waals surface area (Å²) in [5.74, 6) is 2.53. The van der Waals surface area contributed by atoms with E-state index in [0.717, 1.165) is 37.8 Å². The highest BCUT2D eigenvalue weighted by atomic mass is 16.5. The second-order valence-electron chi connectivity index (χ2n) is 4.56. The number of aromatic nitrogens is 2. The number of anilines is 1. The van der Waals surface area contributed by atoms with Crippen LogP contribution in [-0.2, 0) is 17.8 Å². The summed E-state index contributed by atoms with van der Waals surface area (Å²) in [6, 6.07) is 5.83. The summed E-state index contributed by atoms with van der Waals surface area (Å²) < 4.78 is 12.7. The van der Waals surface area contributed by atoms with E-state index in [0.29, 0.717) is 12.5 Å². The number of hydrogen-bond acceptors (Lipinski definition) is 4. The predicted octanol–water partition coefficient (Wildman–Crippen LogP) is 2.12. The number of furan rings is 1. The van der Waals surface area contributed by atoms with Gasteiger partial charge in [0.25, 0.3) is 0 Å². The molecule has 3 rings (SSSR count). The summed E-state index contributed by atoms with van der Waals surface area (Å²) in [5, 5.41) is 7.68. The molecule has 1 N–H and O–H groups in total. The van der Waals surface area contributed by atoms with Crippen LogP contribution in [-0.4, -0.2) is 23.0 Å². The van der Waals surface area contributed by atoms with Crippen LogP contribution in [0.3, 0.4) is 0 Å². The van der Waals surface area contributed by atoms with Gasteiger partial charge < -0.3 is 14.5 Å². The third kappa shape index (κ3) is 2.56. The van der Waals surface area contributed by atoms with Crippen molar-refractivity contribution in [1.82, 2.24) is 9.78 Å². The Bertz CT molecular complexity index is 472. The lowest BCUT2D eigenvalue weighted by atomic mass is 10.1. The first-order valence-corrected chi connectivity index (χ1v) is 6.27.